The van der Waals surface area contributed by atoms with Crippen molar-refractivity contribution in [3.63, 3.8) is 0 Å². The van der Waals surface area contributed by atoms with Crippen LogP contribution < -0.4 is 10.6 Å². The number of amides is 1. The van der Waals surface area contributed by atoms with Gasteiger partial charge in [-0.2, -0.15) is 0 Å². The second-order valence-electron chi connectivity index (χ2n) is 4.60. The van der Waals surface area contributed by atoms with Gasteiger partial charge in [0, 0.05) is 11.7 Å². The Kier molecular flexibility index (Phi) is 4.70. The van der Waals surface area contributed by atoms with Crippen LogP contribution in [0.2, 0.25) is 0 Å². The van der Waals surface area contributed by atoms with Crippen molar-refractivity contribution in [3.8, 4) is 0 Å². The summed E-state index contributed by atoms with van der Waals surface area (Å²) in [6, 6.07) is 6.61. The predicted octanol–water partition coefficient (Wildman–Crippen LogP) is 0.646. The molecular weight excluding hydrogens is 260 g/mol. The van der Waals surface area contributed by atoms with E-state index in [2.05, 4.69) is 15.4 Å². The van der Waals surface area contributed by atoms with E-state index >= 15 is 0 Å². The molecule has 1 amide bonds. The van der Waals surface area contributed by atoms with Gasteiger partial charge in [-0.1, -0.05) is 0 Å². The molecule has 0 aliphatic carbocycles. The molecule has 1 aromatic rings. The number of methoxy groups -OCH3 is 1. The summed E-state index contributed by atoms with van der Waals surface area (Å²) >= 11 is 0. The number of anilines is 1. The number of nitrogens with one attached hydrogen (secondary N) is 2. The largest absolute Gasteiger partial charge is 0.465 e. The van der Waals surface area contributed by atoms with Crippen molar-refractivity contribution in [3.05, 3.63) is 29.8 Å². The fourth-order valence-electron chi connectivity index (χ4n) is 2.14. The van der Waals surface area contributed by atoms with Crippen LogP contribution in [-0.2, 0) is 14.3 Å². The van der Waals surface area contributed by atoms with E-state index < -0.39 is 5.97 Å². The highest BCUT2D eigenvalue weighted by Crippen LogP contribution is 2.17. The van der Waals surface area contributed by atoms with Gasteiger partial charge in [0.25, 0.3) is 0 Å². The Morgan fingerprint density at radius 3 is 2.55 bits per heavy atom. The average Bonchev–Trinajstić information content (AvgIpc) is 2.95. The van der Waals surface area contributed by atoms with Gasteiger partial charge in [0.15, 0.2) is 0 Å². The summed E-state index contributed by atoms with van der Waals surface area (Å²) in [7, 11) is 3.14. The second kappa shape index (κ2) is 6.49. The number of esters is 1. The zero-order chi connectivity index (χ0) is 14.5. The molecule has 1 heterocycles. The Bertz CT molecular complexity index is 486. The standard InChI is InChI=1S/C14H18N2O4/c1-15-12-8-20-7-11(12)13(17)16-10-5-3-9(4-6-10)14(18)19-2/h3-6,11-12,15H,7-8H2,1-2H3,(H,16,17). The van der Waals surface area contributed by atoms with E-state index in [0.717, 1.165) is 0 Å². The fraction of sp³-hybridized carbons (Fsp3) is 0.429. The molecule has 20 heavy (non-hydrogen) atoms. The Hall–Kier alpha value is -1.92. The number of hydrogen-bond donors (Lipinski definition) is 2. The lowest BCUT2D eigenvalue weighted by atomic mass is 10.0. The number of ether oxygens (including phenoxy) is 2. The lowest BCUT2D eigenvalue weighted by Crippen LogP contribution is -2.39. The van der Waals surface area contributed by atoms with Gasteiger partial charge in [0.2, 0.25) is 5.91 Å². The lowest BCUT2D eigenvalue weighted by Gasteiger charge is -2.16. The van der Waals surface area contributed by atoms with Crippen molar-refractivity contribution >= 4 is 17.6 Å². The van der Waals surface area contributed by atoms with E-state index in [4.69, 9.17) is 4.74 Å². The zero-order valence-electron chi connectivity index (χ0n) is 11.5. The highest BCUT2D eigenvalue weighted by Gasteiger charge is 2.32. The summed E-state index contributed by atoms with van der Waals surface area (Å²) < 4.78 is 9.92. The smallest absolute Gasteiger partial charge is 0.337 e. The third kappa shape index (κ3) is 3.15. The highest BCUT2D eigenvalue weighted by atomic mass is 16.5. The molecule has 2 rings (SSSR count). The third-order valence-electron chi connectivity index (χ3n) is 3.36. The minimum absolute atomic E-state index is 0.0318. The van der Waals surface area contributed by atoms with Crippen LogP contribution in [0.3, 0.4) is 0 Å². The van der Waals surface area contributed by atoms with Crippen molar-refractivity contribution in [1.29, 1.82) is 0 Å². The summed E-state index contributed by atoms with van der Waals surface area (Å²) in [6.45, 7) is 0.952. The van der Waals surface area contributed by atoms with E-state index in [1.165, 1.54) is 7.11 Å². The van der Waals surface area contributed by atoms with Crippen molar-refractivity contribution in [2.75, 3.05) is 32.7 Å². The van der Waals surface area contributed by atoms with Gasteiger partial charge < -0.3 is 20.1 Å². The normalized spacial score (nSPS) is 21.5. The minimum atomic E-state index is -0.401. The molecule has 0 spiro atoms. The van der Waals surface area contributed by atoms with Gasteiger partial charge in [-0.15, -0.1) is 0 Å². The first kappa shape index (κ1) is 14.5. The van der Waals surface area contributed by atoms with Gasteiger partial charge in [-0.3, -0.25) is 4.79 Å². The van der Waals surface area contributed by atoms with Gasteiger partial charge in [0.1, 0.15) is 0 Å². The molecule has 6 heteroatoms. The number of likely N-dealkylation sites (N-methyl/N-ethyl adjacent to an activating group) is 1. The molecule has 0 radical (unpaired) electrons. The Morgan fingerprint density at radius 1 is 1.25 bits per heavy atom. The SMILES string of the molecule is CNC1COCC1C(=O)Nc1ccc(C(=O)OC)cc1. The zero-order valence-corrected chi connectivity index (χ0v) is 11.5. The Balaban J connectivity index is 1.99. The number of benzene rings is 1. The minimum Gasteiger partial charge on any atom is -0.465 e. The third-order valence-corrected chi connectivity index (χ3v) is 3.36. The summed E-state index contributed by atoms with van der Waals surface area (Å²) in [5.41, 5.74) is 1.09. The van der Waals surface area contributed by atoms with E-state index in [-0.39, 0.29) is 17.9 Å². The first-order chi connectivity index (χ1) is 9.65. The van der Waals surface area contributed by atoms with Crippen LogP contribution in [-0.4, -0.2) is 45.3 Å². The van der Waals surface area contributed by atoms with Crippen molar-refractivity contribution in [2.45, 2.75) is 6.04 Å². The monoisotopic (exact) mass is 278 g/mol. The number of carbonyl (C=O) groups is 2. The molecular formula is C14H18N2O4. The predicted molar refractivity (Wildman–Crippen MR) is 73.6 cm³/mol. The maximum Gasteiger partial charge on any atom is 0.337 e. The number of carbonyl (C=O) groups excluding carboxylic acids is 2. The van der Waals surface area contributed by atoms with Crippen LogP contribution in [0, 0.1) is 5.92 Å². The van der Waals surface area contributed by atoms with Crippen LogP contribution in [0.15, 0.2) is 24.3 Å². The van der Waals surface area contributed by atoms with Gasteiger partial charge in [-0.05, 0) is 31.3 Å². The average molecular weight is 278 g/mol. The maximum absolute atomic E-state index is 12.1. The van der Waals surface area contributed by atoms with E-state index in [1.807, 2.05) is 7.05 Å². The van der Waals surface area contributed by atoms with E-state index in [1.54, 1.807) is 24.3 Å². The van der Waals surface area contributed by atoms with Gasteiger partial charge >= 0.3 is 5.97 Å². The maximum atomic E-state index is 12.1. The molecule has 1 aliphatic heterocycles. The van der Waals surface area contributed by atoms with Gasteiger partial charge in [0.05, 0.1) is 31.8 Å². The van der Waals surface area contributed by atoms with Crippen LogP contribution in [0.1, 0.15) is 10.4 Å². The molecule has 0 aromatic heterocycles. The Labute approximate surface area is 117 Å². The first-order valence-corrected chi connectivity index (χ1v) is 6.40. The molecule has 1 aliphatic rings. The van der Waals surface area contributed by atoms with Gasteiger partial charge in [-0.25, -0.2) is 4.79 Å². The van der Waals surface area contributed by atoms with E-state index in [9.17, 15) is 9.59 Å². The Morgan fingerprint density at radius 2 is 1.95 bits per heavy atom. The van der Waals surface area contributed by atoms with Crippen LogP contribution >= 0.6 is 0 Å². The van der Waals surface area contributed by atoms with Crippen molar-refractivity contribution < 1.29 is 19.1 Å². The topological polar surface area (TPSA) is 76.7 Å². The lowest BCUT2D eigenvalue weighted by molar-refractivity contribution is -0.120. The molecule has 1 aromatic carbocycles. The fourth-order valence-corrected chi connectivity index (χ4v) is 2.14. The summed E-state index contributed by atoms with van der Waals surface area (Å²) in [6.07, 6.45) is 0. The molecule has 1 saturated heterocycles. The molecule has 0 bridgehead atoms. The number of hydrogen-bond acceptors (Lipinski definition) is 5. The quantitative estimate of drug-likeness (QED) is 0.791. The second-order valence-corrected chi connectivity index (χ2v) is 4.60. The van der Waals surface area contributed by atoms with Crippen LogP contribution in [0.4, 0.5) is 5.69 Å². The van der Waals surface area contributed by atoms with Crippen molar-refractivity contribution in [2.24, 2.45) is 5.92 Å². The first-order valence-electron chi connectivity index (χ1n) is 6.40. The molecule has 2 atom stereocenters. The van der Waals surface area contributed by atoms with Crippen LogP contribution in [0.25, 0.3) is 0 Å². The molecule has 1 fully saturated rings. The van der Waals surface area contributed by atoms with Crippen LogP contribution in [0.5, 0.6) is 0 Å². The number of rotatable bonds is 4. The van der Waals surface area contributed by atoms with E-state index in [0.29, 0.717) is 24.5 Å². The summed E-state index contributed by atoms with van der Waals surface area (Å²) in [5.74, 6) is -0.699. The molecule has 108 valence electrons. The highest BCUT2D eigenvalue weighted by molar-refractivity contribution is 5.94. The molecule has 2 unspecified atom stereocenters. The summed E-state index contributed by atoms with van der Waals surface area (Å²) in [5, 5.41) is 5.89. The van der Waals surface area contributed by atoms with Crippen molar-refractivity contribution in [1.82, 2.24) is 5.32 Å². The molecule has 2 N–H and O–H groups in total. The molecule has 6 nitrogen and oxygen atoms in total. The summed E-state index contributed by atoms with van der Waals surface area (Å²) in [4.78, 5) is 23.4. The molecule has 0 saturated carbocycles.